The average molecular weight is 503 g/mol. The van der Waals surface area contributed by atoms with Crippen LogP contribution in [0.5, 0.6) is 0 Å². The number of nitrogens with zero attached hydrogens (tertiary/aromatic N) is 2. The highest BCUT2D eigenvalue weighted by Crippen LogP contribution is 2.34. The van der Waals surface area contributed by atoms with E-state index in [2.05, 4.69) is 4.99 Å². The predicted molar refractivity (Wildman–Crippen MR) is 130 cm³/mol. The molecule has 1 aromatic heterocycles. The van der Waals surface area contributed by atoms with Gasteiger partial charge in [-0.2, -0.15) is 0 Å². The molecule has 1 aliphatic heterocycles. The maximum absolute atomic E-state index is 13.5. The molecule has 0 aliphatic carbocycles. The second kappa shape index (κ2) is 10.1. The summed E-state index contributed by atoms with van der Waals surface area (Å²) in [5.41, 5.74) is 1.86. The van der Waals surface area contributed by atoms with E-state index in [1.165, 1.54) is 23.0 Å². The molecular weight excluding hydrogens is 483 g/mol. The molecule has 0 spiro atoms. The highest BCUT2D eigenvalue weighted by molar-refractivity contribution is 7.07. The Morgan fingerprint density at radius 2 is 1.97 bits per heavy atom. The third-order valence-corrected chi connectivity index (χ3v) is 6.67. The molecule has 0 N–H and O–H groups in total. The zero-order valence-corrected chi connectivity index (χ0v) is 20.2. The quantitative estimate of drug-likeness (QED) is 0.380. The minimum atomic E-state index is -0.772. The SMILES string of the molecule is COCCOC(=O)C1=C(C)N=c2s/c(=C/c3cccc(Cl)c3)c(=O)n2[C@@H]1c1ccccc1Cl. The third kappa shape index (κ3) is 4.82. The molecule has 2 aromatic carbocycles. The van der Waals surface area contributed by atoms with Crippen LogP contribution in [-0.2, 0) is 14.3 Å². The first-order valence-electron chi connectivity index (χ1n) is 10.1. The van der Waals surface area contributed by atoms with Gasteiger partial charge in [0.05, 0.1) is 22.4 Å². The number of allylic oxidation sites excluding steroid dienone is 1. The van der Waals surface area contributed by atoms with Crippen LogP contribution in [0.1, 0.15) is 24.1 Å². The van der Waals surface area contributed by atoms with Gasteiger partial charge in [0.15, 0.2) is 4.80 Å². The van der Waals surface area contributed by atoms with E-state index in [1.807, 2.05) is 18.2 Å². The van der Waals surface area contributed by atoms with Crippen LogP contribution in [0.15, 0.2) is 69.6 Å². The van der Waals surface area contributed by atoms with E-state index in [-0.39, 0.29) is 24.3 Å². The van der Waals surface area contributed by atoms with Gasteiger partial charge in [0, 0.05) is 17.2 Å². The van der Waals surface area contributed by atoms with E-state index in [9.17, 15) is 9.59 Å². The molecule has 4 rings (SSSR count). The van der Waals surface area contributed by atoms with Crippen molar-refractivity contribution in [3.05, 3.63) is 101 Å². The van der Waals surface area contributed by atoms with Crippen LogP contribution in [0.25, 0.3) is 6.08 Å². The van der Waals surface area contributed by atoms with Gasteiger partial charge in [-0.05, 0) is 42.3 Å². The lowest BCUT2D eigenvalue weighted by molar-refractivity contribution is -0.140. The second-order valence-electron chi connectivity index (χ2n) is 7.29. The lowest BCUT2D eigenvalue weighted by atomic mass is 9.96. The number of hydrogen-bond acceptors (Lipinski definition) is 6. The van der Waals surface area contributed by atoms with Crippen molar-refractivity contribution in [3.8, 4) is 0 Å². The molecule has 0 saturated carbocycles. The van der Waals surface area contributed by atoms with Crippen molar-refractivity contribution in [2.75, 3.05) is 20.3 Å². The fourth-order valence-corrected chi connectivity index (χ4v) is 5.10. The van der Waals surface area contributed by atoms with Crippen LogP contribution in [0.4, 0.5) is 0 Å². The van der Waals surface area contributed by atoms with Gasteiger partial charge in [-0.1, -0.05) is 64.9 Å². The van der Waals surface area contributed by atoms with Crippen molar-refractivity contribution < 1.29 is 14.3 Å². The molecule has 0 radical (unpaired) electrons. The summed E-state index contributed by atoms with van der Waals surface area (Å²) in [7, 11) is 1.52. The first kappa shape index (κ1) is 23.4. The zero-order chi connectivity index (χ0) is 23.5. The van der Waals surface area contributed by atoms with Crippen molar-refractivity contribution in [2.45, 2.75) is 13.0 Å². The standard InChI is InChI=1S/C24H20Cl2N2O4S/c1-14-20(23(30)32-11-10-31-2)21(17-8-3-4-9-18(17)26)28-22(29)19(33-24(28)27-14)13-15-6-5-7-16(25)12-15/h3-9,12-13,21H,10-11H2,1-2H3/b19-13+/t21-/m1/s1. The highest BCUT2D eigenvalue weighted by atomic mass is 35.5. The number of ether oxygens (including phenoxy) is 2. The lowest BCUT2D eigenvalue weighted by Crippen LogP contribution is -2.40. The van der Waals surface area contributed by atoms with Gasteiger partial charge >= 0.3 is 5.97 Å². The molecule has 2 heterocycles. The van der Waals surface area contributed by atoms with E-state index in [4.69, 9.17) is 32.7 Å². The number of halogens is 2. The summed E-state index contributed by atoms with van der Waals surface area (Å²) >= 11 is 13.9. The number of benzene rings is 2. The zero-order valence-electron chi connectivity index (χ0n) is 17.9. The van der Waals surface area contributed by atoms with Gasteiger partial charge in [-0.15, -0.1) is 0 Å². The molecule has 0 bridgehead atoms. The molecule has 170 valence electrons. The van der Waals surface area contributed by atoms with Crippen molar-refractivity contribution in [3.63, 3.8) is 0 Å². The minimum Gasteiger partial charge on any atom is -0.460 e. The number of carbonyl (C=O) groups is 1. The first-order chi connectivity index (χ1) is 15.9. The summed E-state index contributed by atoms with van der Waals surface area (Å²) in [5, 5.41) is 1.01. The molecule has 0 fully saturated rings. The molecule has 1 atom stereocenters. The van der Waals surface area contributed by atoms with E-state index in [1.54, 1.807) is 43.3 Å². The number of fused-ring (bicyclic) bond motifs is 1. The molecule has 0 unspecified atom stereocenters. The van der Waals surface area contributed by atoms with Gasteiger partial charge in [0.1, 0.15) is 12.6 Å². The molecule has 33 heavy (non-hydrogen) atoms. The Labute approximate surface area is 204 Å². The third-order valence-electron chi connectivity index (χ3n) is 5.11. The van der Waals surface area contributed by atoms with Gasteiger partial charge in [-0.25, -0.2) is 9.79 Å². The van der Waals surface area contributed by atoms with Crippen LogP contribution >= 0.6 is 34.5 Å². The van der Waals surface area contributed by atoms with Gasteiger partial charge < -0.3 is 9.47 Å². The second-order valence-corrected chi connectivity index (χ2v) is 9.14. The van der Waals surface area contributed by atoms with Crippen molar-refractivity contribution in [1.29, 1.82) is 0 Å². The Bertz CT molecular complexity index is 1420. The maximum atomic E-state index is 13.5. The molecule has 0 amide bonds. The first-order valence-corrected chi connectivity index (χ1v) is 11.7. The number of hydrogen-bond donors (Lipinski definition) is 0. The Morgan fingerprint density at radius 1 is 1.18 bits per heavy atom. The van der Waals surface area contributed by atoms with Gasteiger partial charge in [0.2, 0.25) is 0 Å². The molecule has 1 aliphatic rings. The molecule has 3 aromatic rings. The van der Waals surface area contributed by atoms with Crippen molar-refractivity contribution in [2.24, 2.45) is 4.99 Å². The van der Waals surface area contributed by atoms with Gasteiger partial charge in [-0.3, -0.25) is 9.36 Å². The predicted octanol–water partition coefficient (Wildman–Crippen LogP) is 3.73. The number of carbonyl (C=O) groups excluding carboxylic acids is 1. The average Bonchev–Trinajstić information content (AvgIpc) is 3.08. The lowest BCUT2D eigenvalue weighted by Gasteiger charge is -2.25. The van der Waals surface area contributed by atoms with E-state index in [0.717, 1.165) is 5.56 Å². The topological polar surface area (TPSA) is 69.9 Å². The van der Waals surface area contributed by atoms with Crippen LogP contribution in [0.2, 0.25) is 10.0 Å². The summed E-state index contributed by atoms with van der Waals surface area (Å²) in [6, 6.07) is 13.6. The van der Waals surface area contributed by atoms with Gasteiger partial charge in [0.25, 0.3) is 5.56 Å². The van der Waals surface area contributed by atoms with Crippen LogP contribution in [-0.4, -0.2) is 30.9 Å². The minimum absolute atomic E-state index is 0.0839. The summed E-state index contributed by atoms with van der Waals surface area (Å²) in [6.07, 6.45) is 1.76. The number of esters is 1. The van der Waals surface area contributed by atoms with Crippen LogP contribution in [0, 0.1) is 0 Å². The number of aromatic nitrogens is 1. The normalized spacial score (nSPS) is 15.9. The largest absolute Gasteiger partial charge is 0.460 e. The monoisotopic (exact) mass is 502 g/mol. The molecule has 6 nitrogen and oxygen atoms in total. The summed E-state index contributed by atoms with van der Waals surface area (Å²) in [4.78, 5) is 31.6. The van der Waals surface area contributed by atoms with Crippen molar-refractivity contribution in [1.82, 2.24) is 4.57 Å². The maximum Gasteiger partial charge on any atom is 0.338 e. The Balaban J connectivity index is 1.91. The van der Waals surface area contributed by atoms with E-state index < -0.39 is 12.0 Å². The molecule has 9 heteroatoms. The Morgan fingerprint density at radius 3 is 2.70 bits per heavy atom. The Hall–Kier alpha value is -2.71. The molecule has 0 saturated heterocycles. The van der Waals surface area contributed by atoms with Crippen LogP contribution < -0.4 is 14.9 Å². The highest BCUT2D eigenvalue weighted by Gasteiger charge is 2.34. The van der Waals surface area contributed by atoms with E-state index in [0.29, 0.717) is 30.6 Å². The fraction of sp³-hybridized carbons (Fsp3) is 0.208. The summed E-state index contributed by atoms with van der Waals surface area (Å²) < 4.78 is 12.3. The fourth-order valence-electron chi connectivity index (χ4n) is 3.62. The van der Waals surface area contributed by atoms with E-state index >= 15 is 0 Å². The number of rotatable bonds is 6. The summed E-state index contributed by atoms with van der Waals surface area (Å²) in [6.45, 7) is 2.07. The number of methoxy groups -OCH3 is 1. The van der Waals surface area contributed by atoms with Crippen molar-refractivity contribution >= 4 is 46.6 Å². The van der Waals surface area contributed by atoms with Crippen LogP contribution in [0.3, 0.4) is 0 Å². The molecular formula is C24H20Cl2N2O4S. The smallest absolute Gasteiger partial charge is 0.338 e. The summed E-state index contributed by atoms with van der Waals surface area (Å²) in [5.74, 6) is -0.567. The number of thiazole rings is 1. The Kier molecular flexibility index (Phi) is 7.14.